The Kier molecular flexibility index (Phi) is 6.75. The fourth-order valence-corrected chi connectivity index (χ4v) is 4.04. The second-order valence-electron chi connectivity index (χ2n) is 7.25. The van der Waals surface area contributed by atoms with Gasteiger partial charge in [-0.25, -0.2) is 4.98 Å². The van der Waals surface area contributed by atoms with E-state index in [1.165, 1.54) is 0 Å². The van der Waals surface area contributed by atoms with Crippen molar-refractivity contribution >= 4 is 22.9 Å². The molecule has 0 aliphatic rings. The van der Waals surface area contributed by atoms with E-state index >= 15 is 0 Å². The number of amides is 1. The van der Waals surface area contributed by atoms with Gasteiger partial charge in [-0.1, -0.05) is 60.7 Å². The van der Waals surface area contributed by atoms with Crippen LogP contribution < -0.4 is 10.1 Å². The summed E-state index contributed by atoms with van der Waals surface area (Å²) in [5.41, 5.74) is 4.97. The van der Waals surface area contributed by atoms with Gasteiger partial charge in [-0.2, -0.15) is 0 Å². The molecule has 0 aliphatic carbocycles. The molecule has 31 heavy (non-hydrogen) atoms. The molecule has 4 nitrogen and oxygen atoms in total. The van der Waals surface area contributed by atoms with Crippen LogP contribution in [0.2, 0.25) is 0 Å². The lowest BCUT2D eigenvalue weighted by Gasteiger charge is -2.09. The first-order valence-corrected chi connectivity index (χ1v) is 11.2. The maximum Gasteiger partial charge on any atom is 0.224 e. The Labute approximate surface area is 186 Å². The molecule has 156 valence electrons. The average Bonchev–Trinajstić information content (AvgIpc) is 3.29. The van der Waals surface area contributed by atoms with Crippen molar-refractivity contribution in [3.05, 3.63) is 89.8 Å². The van der Waals surface area contributed by atoms with Crippen LogP contribution in [0.5, 0.6) is 5.75 Å². The second kappa shape index (κ2) is 10.0. The van der Waals surface area contributed by atoms with Crippen molar-refractivity contribution in [3.63, 3.8) is 0 Å². The fourth-order valence-electron chi connectivity index (χ4n) is 3.20. The van der Waals surface area contributed by atoms with Gasteiger partial charge in [0.25, 0.3) is 0 Å². The monoisotopic (exact) mass is 428 g/mol. The number of anilines is 1. The van der Waals surface area contributed by atoms with Gasteiger partial charge in [-0.15, -0.1) is 11.3 Å². The molecule has 0 radical (unpaired) electrons. The molecule has 0 bridgehead atoms. The molecule has 0 unspecified atom stereocenters. The van der Waals surface area contributed by atoms with Gasteiger partial charge >= 0.3 is 0 Å². The first-order chi connectivity index (χ1) is 15.2. The second-order valence-corrected chi connectivity index (χ2v) is 8.11. The number of hydrogen-bond acceptors (Lipinski definition) is 4. The lowest BCUT2D eigenvalue weighted by atomic mass is 10.1. The van der Waals surface area contributed by atoms with Gasteiger partial charge in [0.15, 0.2) is 0 Å². The molecule has 0 spiro atoms. The molecule has 4 rings (SSSR count). The molecule has 4 aromatic rings. The van der Waals surface area contributed by atoms with E-state index in [9.17, 15) is 4.79 Å². The van der Waals surface area contributed by atoms with E-state index in [4.69, 9.17) is 9.72 Å². The van der Waals surface area contributed by atoms with E-state index in [-0.39, 0.29) is 5.91 Å². The zero-order chi connectivity index (χ0) is 21.5. The van der Waals surface area contributed by atoms with Crippen LogP contribution in [0.15, 0.2) is 84.2 Å². The minimum Gasteiger partial charge on any atom is -0.493 e. The number of aromatic nitrogens is 1. The topological polar surface area (TPSA) is 51.2 Å². The van der Waals surface area contributed by atoms with Crippen LogP contribution in [0.1, 0.15) is 18.4 Å². The highest BCUT2D eigenvalue weighted by molar-refractivity contribution is 7.13. The number of para-hydroxylation sites is 1. The maximum atomic E-state index is 12.2. The minimum absolute atomic E-state index is 0.0128. The summed E-state index contributed by atoms with van der Waals surface area (Å²) in [6.07, 6.45) is 1.08. The molecule has 1 aromatic heterocycles. The Balaban J connectivity index is 1.27. The first kappa shape index (κ1) is 20.8. The summed E-state index contributed by atoms with van der Waals surface area (Å²) < 4.78 is 5.75. The van der Waals surface area contributed by atoms with E-state index in [1.54, 1.807) is 11.3 Å². The summed E-state index contributed by atoms with van der Waals surface area (Å²) in [5.74, 6) is 0.858. The van der Waals surface area contributed by atoms with Crippen molar-refractivity contribution in [2.24, 2.45) is 0 Å². The third-order valence-corrected chi connectivity index (χ3v) is 5.78. The van der Waals surface area contributed by atoms with Crippen LogP contribution >= 0.6 is 11.3 Å². The molecule has 0 saturated heterocycles. The summed E-state index contributed by atoms with van der Waals surface area (Å²) >= 11 is 1.63. The Bertz CT molecular complexity index is 1140. The number of aryl methyl sites for hydroxylation is 1. The van der Waals surface area contributed by atoms with E-state index in [1.807, 2.05) is 73.7 Å². The molecule has 1 heterocycles. The Morgan fingerprint density at radius 1 is 0.935 bits per heavy atom. The van der Waals surface area contributed by atoms with Gasteiger partial charge in [0, 0.05) is 28.6 Å². The van der Waals surface area contributed by atoms with Crippen LogP contribution in [0.3, 0.4) is 0 Å². The van der Waals surface area contributed by atoms with Gasteiger partial charge in [0.1, 0.15) is 10.8 Å². The summed E-state index contributed by atoms with van der Waals surface area (Å²) in [4.78, 5) is 17.0. The summed E-state index contributed by atoms with van der Waals surface area (Å²) in [7, 11) is 0. The van der Waals surface area contributed by atoms with Crippen LogP contribution in [0, 0.1) is 6.92 Å². The number of thiazole rings is 1. The molecular formula is C26H24N2O2S. The van der Waals surface area contributed by atoms with E-state index in [2.05, 4.69) is 22.8 Å². The van der Waals surface area contributed by atoms with Crippen LogP contribution in [0.4, 0.5) is 5.69 Å². The fraction of sp³-hybridized carbons (Fsp3) is 0.154. The molecule has 0 fully saturated rings. The van der Waals surface area contributed by atoms with Gasteiger partial charge < -0.3 is 10.1 Å². The number of carbonyl (C=O) groups is 1. The highest BCUT2D eigenvalue weighted by atomic mass is 32.1. The third-order valence-electron chi connectivity index (χ3n) is 4.89. The summed E-state index contributed by atoms with van der Waals surface area (Å²) in [5, 5.41) is 6.01. The average molecular weight is 429 g/mol. The molecular weight excluding hydrogens is 404 g/mol. The smallest absolute Gasteiger partial charge is 0.224 e. The maximum absolute atomic E-state index is 12.2. The Morgan fingerprint density at radius 3 is 2.45 bits per heavy atom. The Morgan fingerprint density at radius 2 is 1.68 bits per heavy atom. The van der Waals surface area contributed by atoms with Crippen molar-refractivity contribution in [3.8, 4) is 27.6 Å². The molecule has 1 amide bonds. The van der Waals surface area contributed by atoms with Gasteiger partial charge in [0.2, 0.25) is 5.91 Å². The van der Waals surface area contributed by atoms with Gasteiger partial charge in [-0.05, 0) is 37.1 Å². The molecule has 1 N–H and O–H groups in total. The standard InChI is InChI=1S/C26H24N2O2S/c1-19-8-5-6-11-24(19)30-17-7-12-25(29)27-22-15-13-20(14-16-22)23-18-31-26(28-23)21-9-3-2-4-10-21/h2-6,8-11,13-16,18H,7,12,17H2,1H3,(H,27,29). The lowest BCUT2D eigenvalue weighted by molar-refractivity contribution is -0.116. The Hall–Kier alpha value is -3.44. The van der Waals surface area contributed by atoms with Gasteiger partial charge in [-0.3, -0.25) is 4.79 Å². The van der Waals surface area contributed by atoms with E-state index in [0.29, 0.717) is 19.4 Å². The van der Waals surface area contributed by atoms with Crippen molar-refractivity contribution in [2.45, 2.75) is 19.8 Å². The number of carbonyl (C=O) groups excluding carboxylic acids is 1. The molecule has 0 saturated carbocycles. The van der Waals surface area contributed by atoms with Crippen molar-refractivity contribution in [1.29, 1.82) is 0 Å². The predicted molar refractivity (Wildman–Crippen MR) is 128 cm³/mol. The van der Waals surface area contributed by atoms with E-state index < -0.39 is 0 Å². The zero-order valence-corrected chi connectivity index (χ0v) is 18.2. The number of nitrogens with one attached hydrogen (secondary N) is 1. The van der Waals surface area contributed by atoms with Crippen molar-refractivity contribution in [1.82, 2.24) is 4.98 Å². The van der Waals surface area contributed by atoms with Crippen molar-refractivity contribution < 1.29 is 9.53 Å². The number of nitrogens with zero attached hydrogens (tertiary/aromatic N) is 1. The largest absolute Gasteiger partial charge is 0.493 e. The quantitative estimate of drug-likeness (QED) is 0.322. The van der Waals surface area contributed by atoms with Gasteiger partial charge in [0.05, 0.1) is 12.3 Å². The number of rotatable bonds is 8. The van der Waals surface area contributed by atoms with Crippen LogP contribution in [-0.4, -0.2) is 17.5 Å². The normalized spacial score (nSPS) is 10.6. The van der Waals surface area contributed by atoms with Crippen LogP contribution in [0.25, 0.3) is 21.8 Å². The summed E-state index contributed by atoms with van der Waals surface area (Å²) in [6, 6.07) is 25.9. The number of benzene rings is 3. The lowest BCUT2D eigenvalue weighted by Crippen LogP contribution is -2.12. The highest BCUT2D eigenvalue weighted by Gasteiger charge is 2.08. The van der Waals surface area contributed by atoms with Crippen molar-refractivity contribution in [2.75, 3.05) is 11.9 Å². The minimum atomic E-state index is -0.0128. The molecule has 0 aliphatic heterocycles. The molecule has 0 atom stereocenters. The zero-order valence-electron chi connectivity index (χ0n) is 17.4. The third kappa shape index (κ3) is 5.58. The predicted octanol–water partition coefficient (Wildman–Crippen LogP) is 6.58. The summed E-state index contributed by atoms with van der Waals surface area (Å²) in [6.45, 7) is 2.53. The molecule has 5 heteroatoms. The van der Waals surface area contributed by atoms with E-state index in [0.717, 1.165) is 38.8 Å². The number of hydrogen-bond donors (Lipinski definition) is 1. The molecule has 3 aromatic carbocycles. The highest BCUT2D eigenvalue weighted by Crippen LogP contribution is 2.29. The first-order valence-electron chi connectivity index (χ1n) is 10.3. The SMILES string of the molecule is Cc1ccccc1OCCCC(=O)Nc1ccc(-c2csc(-c3ccccc3)n2)cc1. The van der Waals surface area contributed by atoms with Crippen LogP contribution in [-0.2, 0) is 4.79 Å². The number of ether oxygens (including phenoxy) is 1.